The Morgan fingerprint density at radius 2 is 2.06 bits per heavy atom. The van der Waals surface area contributed by atoms with Crippen molar-refractivity contribution in [3.05, 3.63) is 6.07 Å². The third-order valence-electron chi connectivity index (χ3n) is 3.35. The molecule has 1 atom stereocenters. The molecule has 0 spiro atoms. The van der Waals surface area contributed by atoms with Gasteiger partial charge >= 0.3 is 0 Å². The molecule has 100 valence electrons. The van der Waals surface area contributed by atoms with Gasteiger partial charge in [0, 0.05) is 17.9 Å². The number of nitrogens with zero attached hydrogens (tertiary/aromatic N) is 3. The smallest absolute Gasteiger partial charge is 0.191 e. The summed E-state index contributed by atoms with van der Waals surface area (Å²) >= 11 is 1.64. The van der Waals surface area contributed by atoms with Gasteiger partial charge in [0.15, 0.2) is 5.16 Å². The Bertz CT molecular complexity index is 378. The SMILES string of the molecule is CN1CCCCC1CCSc1nc(N)cc(N)n1. The van der Waals surface area contributed by atoms with Crippen molar-refractivity contribution in [1.82, 2.24) is 14.9 Å². The molecule has 4 N–H and O–H groups in total. The van der Waals surface area contributed by atoms with E-state index in [1.807, 2.05) is 0 Å². The summed E-state index contributed by atoms with van der Waals surface area (Å²) in [6.45, 7) is 1.22. The molecule has 2 heterocycles. The van der Waals surface area contributed by atoms with Crippen LogP contribution in [0.25, 0.3) is 0 Å². The van der Waals surface area contributed by atoms with E-state index in [1.165, 1.54) is 32.2 Å². The summed E-state index contributed by atoms with van der Waals surface area (Å²) in [5, 5.41) is 0.686. The monoisotopic (exact) mass is 267 g/mol. The van der Waals surface area contributed by atoms with Gasteiger partial charge in [-0.05, 0) is 32.9 Å². The summed E-state index contributed by atoms with van der Waals surface area (Å²) in [6.07, 6.45) is 5.15. The van der Waals surface area contributed by atoms with Crippen LogP contribution >= 0.6 is 11.8 Å². The third-order valence-corrected chi connectivity index (χ3v) is 4.23. The Morgan fingerprint density at radius 3 is 2.72 bits per heavy atom. The molecule has 0 aliphatic carbocycles. The number of piperidine rings is 1. The fourth-order valence-electron chi connectivity index (χ4n) is 2.32. The molecule has 0 amide bonds. The van der Waals surface area contributed by atoms with Crippen LogP contribution in [0, 0.1) is 0 Å². The molecule has 0 bridgehead atoms. The number of thioether (sulfide) groups is 1. The molecule has 5 nitrogen and oxygen atoms in total. The van der Waals surface area contributed by atoms with Crippen LogP contribution in [0.3, 0.4) is 0 Å². The minimum Gasteiger partial charge on any atom is -0.383 e. The van der Waals surface area contributed by atoms with E-state index in [1.54, 1.807) is 17.8 Å². The van der Waals surface area contributed by atoms with E-state index in [0.29, 0.717) is 22.8 Å². The molecule has 0 saturated carbocycles. The van der Waals surface area contributed by atoms with Crippen LogP contribution in [0.4, 0.5) is 11.6 Å². The maximum absolute atomic E-state index is 5.64. The van der Waals surface area contributed by atoms with Gasteiger partial charge in [-0.3, -0.25) is 0 Å². The Kier molecular flexibility index (Phi) is 4.66. The van der Waals surface area contributed by atoms with E-state index < -0.39 is 0 Å². The molecule has 1 unspecified atom stereocenters. The second-order valence-electron chi connectivity index (χ2n) is 4.77. The lowest BCUT2D eigenvalue weighted by atomic mass is 10.0. The summed E-state index contributed by atoms with van der Waals surface area (Å²) in [6, 6.07) is 2.28. The standard InChI is InChI=1S/C12H21N5S/c1-17-6-3-2-4-9(17)5-7-18-12-15-10(13)8-11(14)16-12/h8-9H,2-7H2,1H3,(H4,13,14,15,16). The number of hydrogen-bond donors (Lipinski definition) is 2. The fourth-order valence-corrected chi connectivity index (χ4v) is 3.23. The molecule has 1 aromatic rings. The van der Waals surface area contributed by atoms with Crippen LogP contribution < -0.4 is 11.5 Å². The van der Waals surface area contributed by atoms with Gasteiger partial charge in [-0.1, -0.05) is 18.2 Å². The van der Waals surface area contributed by atoms with Crippen molar-refractivity contribution >= 4 is 23.4 Å². The average molecular weight is 267 g/mol. The van der Waals surface area contributed by atoms with Crippen molar-refractivity contribution in [2.45, 2.75) is 36.9 Å². The fraction of sp³-hybridized carbons (Fsp3) is 0.667. The average Bonchev–Trinajstić information content (AvgIpc) is 2.30. The zero-order valence-corrected chi connectivity index (χ0v) is 11.6. The van der Waals surface area contributed by atoms with Crippen molar-refractivity contribution in [2.24, 2.45) is 0 Å². The van der Waals surface area contributed by atoms with Crippen molar-refractivity contribution in [2.75, 3.05) is 30.8 Å². The van der Waals surface area contributed by atoms with Gasteiger partial charge in [-0.15, -0.1) is 0 Å². The lowest BCUT2D eigenvalue weighted by molar-refractivity contribution is 0.182. The highest BCUT2D eigenvalue weighted by Crippen LogP contribution is 2.22. The first-order valence-corrected chi connectivity index (χ1v) is 7.37. The molecule has 18 heavy (non-hydrogen) atoms. The summed E-state index contributed by atoms with van der Waals surface area (Å²) in [4.78, 5) is 10.8. The molecule has 0 radical (unpaired) electrons. The highest BCUT2D eigenvalue weighted by Gasteiger charge is 2.18. The van der Waals surface area contributed by atoms with Crippen LogP contribution in [0.2, 0.25) is 0 Å². The molecule has 2 rings (SSSR count). The Balaban J connectivity index is 1.80. The van der Waals surface area contributed by atoms with E-state index >= 15 is 0 Å². The topological polar surface area (TPSA) is 81.1 Å². The lowest BCUT2D eigenvalue weighted by Crippen LogP contribution is -2.36. The summed E-state index contributed by atoms with van der Waals surface area (Å²) in [5.41, 5.74) is 11.3. The molecular formula is C12H21N5S. The zero-order valence-electron chi connectivity index (χ0n) is 10.8. The second-order valence-corrected chi connectivity index (χ2v) is 5.83. The normalized spacial score (nSPS) is 21.1. The second kappa shape index (κ2) is 6.24. The molecule has 1 aromatic heterocycles. The summed E-state index contributed by atoms with van der Waals surface area (Å²) in [5.74, 6) is 1.90. The molecule has 1 fully saturated rings. The van der Waals surface area contributed by atoms with Crippen LogP contribution in [0.5, 0.6) is 0 Å². The zero-order chi connectivity index (χ0) is 13.0. The minimum atomic E-state index is 0.444. The number of nitrogen functional groups attached to an aromatic ring is 2. The molecule has 1 aliphatic heterocycles. The number of nitrogens with two attached hydrogens (primary N) is 2. The number of rotatable bonds is 4. The van der Waals surface area contributed by atoms with Gasteiger partial charge in [-0.2, -0.15) is 0 Å². The molecular weight excluding hydrogens is 246 g/mol. The number of anilines is 2. The maximum atomic E-state index is 5.64. The third kappa shape index (κ3) is 3.74. The van der Waals surface area contributed by atoms with Crippen molar-refractivity contribution in [3.63, 3.8) is 0 Å². The predicted molar refractivity (Wildman–Crippen MR) is 76.5 cm³/mol. The van der Waals surface area contributed by atoms with E-state index in [9.17, 15) is 0 Å². The van der Waals surface area contributed by atoms with Gasteiger partial charge in [0.25, 0.3) is 0 Å². The first-order chi connectivity index (χ1) is 8.65. The number of hydrogen-bond acceptors (Lipinski definition) is 6. The number of likely N-dealkylation sites (tertiary alicyclic amines) is 1. The van der Waals surface area contributed by atoms with E-state index in [0.717, 1.165) is 5.75 Å². The quantitative estimate of drug-likeness (QED) is 0.637. The van der Waals surface area contributed by atoms with Gasteiger partial charge in [-0.25, -0.2) is 9.97 Å². The van der Waals surface area contributed by atoms with Gasteiger partial charge < -0.3 is 16.4 Å². The van der Waals surface area contributed by atoms with Crippen molar-refractivity contribution in [3.8, 4) is 0 Å². The molecule has 1 saturated heterocycles. The highest BCUT2D eigenvalue weighted by molar-refractivity contribution is 7.99. The Morgan fingerprint density at radius 1 is 1.33 bits per heavy atom. The maximum Gasteiger partial charge on any atom is 0.191 e. The summed E-state index contributed by atoms with van der Waals surface area (Å²) < 4.78 is 0. The predicted octanol–water partition coefficient (Wildman–Crippen LogP) is 1.61. The first kappa shape index (κ1) is 13.4. The van der Waals surface area contributed by atoms with Crippen molar-refractivity contribution < 1.29 is 0 Å². The first-order valence-electron chi connectivity index (χ1n) is 6.38. The van der Waals surface area contributed by atoms with Crippen LogP contribution in [0.15, 0.2) is 11.2 Å². The van der Waals surface area contributed by atoms with Crippen LogP contribution in [-0.4, -0.2) is 40.3 Å². The lowest BCUT2D eigenvalue weighted by Gasteiger charge is -2.32. The Labute approximate surface area is 112 Å². The highest BCUT2D eigenvalue weighted by atomic mass is 32.2. The number of aromatic nitrogens is 2. The van der Waals surface area contributed by atoms with Crippen LogP contribution in [0.1, 0.15) is 25.7 Å². The van der Waals surface area contributed by atoms with Crippen LogP contribution in [-0.2, 0) is 0 Å². The summed E-state index contributed by atoms with van der Waals surface area (Å²) in [7, 11) is 2.21. The van der Waals surface area contributed by atoms with E-state index in [4.69, 9.17) is 11.5 Å². The van der Waals surface area contributed by atoms with Gasteiger partial charge in [0.1, 0.15) is 11.6 Å². The van der Waals surface area contributed by atoms with Gasteiger partial charge in [0.05, 0.1) is 0 Å². The molecule has 6 heteroatoms. The Hall–Kier alpha value is -1.01. The molecule has 1 aliphatic rings. The minimum absolute atomic E-state index is 0.444. The van der Waals surface area contributed by atoms with Gasteiger partial charge in [0.2, 0.25) is 0 Å². The van der Waals surface area contributed by atoms with E-state index in [-0.39, 0.29) is 0 Å². The van der Waals surface area contributed by atoms with Crippen molar-refractivity contribution in [1.29, 1.82) is 0 Å². The molecule has 0 aromatic carbocycles. The van der Waals surface area contributed by atoms with E-state index in [2.05, 4.69) is 21.9 Å². The largest absolute Gasteiger partial charge is 0.383 e.